The van der Waals surface area contributed by atoms with E-state index in [2.05, 4.69) is 5.32 Å². The van der Waals surface area contributed by atoms with E-state index < -0.39 is 18.4 Å². The van der Waals surface area contributed by atoms with Crippen LogP contribution in [0, 0.1) is 17.1 Å². The predicted molar refractivity (Wildman–Crippen MR) is 54.9 cm³/mol. The molecule has 0 saturated carbocycles. The molecule has 1 N–H and O–H groups in total. The fraction of sp³-hybridized carbons (Fsp3) is 0.364. The minimum absolute atomic E-state index is 0.0667. The smallest absolute Gasteiger partial charge is 0.385 e. The molecule has 1 aromatic carbocycles. The molecule has 1 aromatic rings. The molecule has 0 saturated heterocycles. The SMILES string of the molecule is N#Cc1cc(NCCCC(F)(F)F)ccc1F. The van der Waals surface area contributed by atoms with E-state index in [-0.39, 0.29) is 18.5 Å². The Kier molecular flexibility index (Phi) is 4.32. The number of nitrogens with one attached hydrogen (secondary N) is 1. The highest BCUT2D eigenvalue weighted by Gasteiger charge is 2.25. The number of halogens is 4. The van der Waals surface area contributed by atoms with E-state index in [1.54, 1.807) is 6.07 Å². The highest BCUT2D eigenvalue weighted by molar-refractivity contribution is 5.49. The predicted octanol–water partition coefficient (Wildman–Crippen LogP) is 3.45. The van der Waals surface area contributed by atoms with Gasteiger partial charge in [-0.3, -0.25) is 0 Å². The number of benzene rings is 1. The molecular weight excluding hydrogens is 236 g/mol. The van der Waals surface area contributed by atoms with Gasteiger partial charge in [-0.2, -0.15) is 18.4 Å². The van der Waals surface area contributed by atoms with Gasteiger partial charge in [-0.25, -0.2) is 4.39 Å². The van der Waals surface area contributed by atoms with E-state index >= 15 is 0 Å². The Balaban J connectivity index is 2.45. The lowest BCUT2D eigenvalue weighted by Crippen LogP contribution is -2.11. The lowest BCUT2D eigenvalue weighted by atomic mass is 10.2. The normalized spacial score (nSPS) is 11.0. The van der Waals surface area contributed by atoms with Crippen LogP contribution >= 0.6 is 0 Å². The van der Waals surface area contributed by atoms with E-state index in [1.807, 2.05) is 0 Å². The first-order valence-electron chi connectivity index (χ1n) is 4.92. The van der Waals surface area contributed by atoms with Crippen LogP contribution in [0.1, 0.15) is 18.4 Å². The standard InChI is InChI=1S/C11H10F4N2/c12-10-3-2-9(6-8(10)7-16)17-5-1-4-11(13,14)15/h2-3,6,17H,1,4-5H2. The molecule has 2 nitrogen and oxygen atoms in total. The Labute approximate surface area is 95.9 Å². The number of hydrogen-bond donors (Lipinski definition) is 1. The molecule has 0 atom stereocenters. The van der Waals surface area contributed by atoms with Gasteiger partial charge in [0.25, 0.3) is 0 Å². The van der Waals surface area contributed by atoms with Crippen LogP contribution in [0.5, 0.6) is 0 Å². The molecule has 0 aliphatic rings. The van der Waals surface area contributed by atoms with Gasteiger partial charge in [0.05, 0.1) is 5.56 Å². The summed E-state index contributed by atoms with van der Waals surface area (Å²) in [5.41, 5.74) is 0.302. The van der Waals surface area contributed by atoms with Crippen molar-refractivity contribution < 1.29 is 17.6 Å². The molecule has 0 spiro atoms. The second-order valence-electron chi connectivity index (χ2n) is 3.45. The van der Waals surface area contributed by atoms with Gasteiger partial charge in [0.1, 0.15) is 11.9 Å². The van der Waals surface area contributed by atoms with E-state index in [0.29, 0.717) is 5.69 Å². The van der Waals surface area contributed by atoms with Crippen LogP contribution in [0.4, 0.5) is 23.2 Å². The summed E-state index contributed by atoms with van der Waals surface area (Å²) in [6.07, 6.45) is -5.10. The number of anilines is 1. The van der Waals surface area contributed by atoms with Gasteiger partial charge in [0, 0.05) is 18.7 Å². The maximum Gasteiger partial charge on any atom is 0.389 e. The van der Waals surface area contributed by atoms with Gasteiger partial charge in [-0.05, 0) is 24.6 Å². The van der Waals surface area contributed by atoms with Crippen molar-refractivity contribution in [2.24, 2.45) is 0 Å². The molecule has 1 rings (SSSR count). The van der Waals surface area contributed by atoms with Crippen molar-refractivity contribution in [2.75, 3.05) is 11.9 Å². The molecular formula is C11H10F4N2. The zero-order chi connectivity index (χ0) is 12.9. The summed E-state index contributed by atoms with van der Waals surface area (Å²) >= 11 is 0. The van der Waals surface area contributed by atoms with Crippen molar-refractivity contribution in [3.8, 4) is 6.07 Å². The summed E-state index contributed by atoms with van der Waals surface area (Å²) in [4.78, 5) is 0. The monoisotopic (exact) mass is 246 g/mol. The van der Waals surface area contributed by atoms with Crippen LogP contribution in [0.25, 0.3) is 0 Å². The van der Waals surface area contributed by atoms with Gasteiger partial charge < -0.3 is 5.32 Å². The Morgan fingerprint density at radius 2 is 2.00 bits per heavy atom. The molecule has 0 fully saturated rings. The molecule has 0 amide bonds. The fourth-order valence-electron chi connectivity index (χ4n) is 1.24. The van der Waals surface area contributed by atoms with Crippen molar-refractivity contribution in [3.05, 3.63) is 29.6 Å². The van der Waals surface area contributed by atoms with Crippen LogP contribution in [0.15, 0.2) is 18.2 Å². The van der Waals surface area contributed by atoms with Crippen molar-refractivity contribution in [2.45, 2.75) is 19.0 Å². The molecule has 0 aliphatic carbocycles. The summed E-state index contributed by atoms with van der Waals surface area (Å²) < 4.78 is 48.4. The Hall–Kier alpha value is -1.77. The second-order valence-corrected chi connectivity index (χ2v) is 3.45. The second kappa shape index (κ2) is 5.53. The third-order valence-electron chi connectivity index (χ3n) is 2.05. The van der Waals surface area contributed by atoms with Gasteiger partial charge in [-0.1, -0.05) is 0 Å². The quantitative estimate of drug-likeness (QED) is 0.652. The first-order chi connectivity index (χ1) is 7.92. The van der Waals surface area contributed by atoms with Crippen molar-refractivity contribution >= 4 is 5.69 Å². The van der Waals surface area contributed by atoms with E-state index in [1.165, 1.54) is 12.1 Å². The molecule has 92 valence electrons. The van der Waals surface area contributed by atoms with Gasteiger partial charge >= 0.3 is 6.18 Å². The third kappa shape index (κ3) is 4.72. The van der Waals surface area contributed by atoms with Crippen LogP contribution in [-0.2, 0) is 0 Å². The summed E-state index contributed by atoms with van der Waals surface area (Å²) in [6.45, 7) is 0.121. The van der Waals surface area contributed by atoms with Crippen molar-refractivity contribution in [3.63, 3.8) is 0 Å². The van der Waals surface area contributed by atoms with Gasteiger partial charge in [0.2, 0.25) is 0 Å². The van der Waals surface area contributed by atoms with E-state index in [4.69, 9.17) is 5.26 Å². The number of nitriles is 1. The molecule has 0 bridgehead atoms. The average Bonchev–Trinajstić information content (AvgIpc) is 2.25. The van der Waals surface area contributed by atoms with Crippen LogP contribution in [0.3, 0.4) is 0 Å². The summed E-state index contributed by atoms with van der Waals surface area (Å²) in [6, 6.07) is 5.40. The maximum absolute atomic E-state index is 12.9. The Morgan fingerprint density at radius 3 is 2.59 bits per heavy atom. The highest BCUT2D eigenvalue weighted by atomic mass is 19.4. The van der Waals surface area contributed by atoms with E-state index in [9.17, 15) is 17.6 Å². The number of hydrogen-bond acceptors (Lipinski definition) is 2. The Morgan fingerprint density at radius 1 is 1.29 bits per heavy atom. The minimum atomic E-state index is -4.16. The fourth-order valence-corrected chi connectivity index (χ4v) is 1.24. The van der Waals surface area contributed by atoms with Crippen LogP contribution < -0.4 is 5.32 Å². The summed E-state index contributed by atoms with van der Waals surface area (Å²) in [5.74, 6) is -0.645. The van der Waals surface area contributed by atoms with Gasteiger partial charge in [0.15, 0.2) is 0 Å². The zero-order valence-electron chi connectivity index (χ0n) is 8.81. The molecule has 0 unspecified atom stereocenters. The molecule has 0 heterocycles. The van der Waals surface area contributed by atoms with Crippen LogP contribution in [0.2, 0.25) is 0 Å². The lowest BCUT2D eigenvalue weighted by molar-refractivity contribution is -0.134. The highest BCUT2D eigenvalue weighted by Crippen LogP contribution is 2.21. The van der Waals surface area contributed by atoms with E-state index in [0.717, 1.165) is 6.07 Å². The molecule has 6 heteroatoms. The number of rotatable bonds is 4. The first-order valence-corrected chi connectivity index (χ1v) is 4.92. The first kappa shape index (κ1) is 13.3. The molecule has 0 aliphatic heterocycles. The number of nitrogens with zero attached hydrogens (tertiary/aromatic N) is 1. The van der Waals surface area contributed by atoms with Gasteiger partial charge in [-0.15, -0.1) is 0 Å². The molecule has 17 heavy (non-hydrogen) atoms. The Bertz CT molecular complexity index is 420. The average molecular weight is 246 g/mol. The third-order valence-corrected chi connectivity index (χ3v) is 2.05. The topological polar surface area (TPSA) is 35.8 Å². The van der Waals surface area contributed by atoms with Crippen molar-refractivity contribution in [1.82, 2.24) is 0 Å². The van der Waals surface area contributed by atoms with Crippen LogP contribution in [-0.4, -0.2) is 12.7 Å². The summed E-state index contributed by atoms with van der Waals surface area (Å²) in [5, 5.41) is 11.3. The summed E-state index contributed by atoms with van der Waals surface area (Å²) in [7, 11) is 0. The molecule has 0 radical (unpaired) electrons. The maximum atomic E-state index is 12.9. The zero-order valence-corrected chi connectivity index (χ0v) is 8.81. The molecule has 0 aromatic heterocycles. The largest absolute Gasteiger partial charge is 0.389 e. The number of alkyl halides is 3. The lowest BCUT2D eigenvalue weighted by Gasteiger charge is -2.08. The van der Waals surface area contributed by atoms with Crippen molar-refractivity contribution in [1.29, 1.82) is 5.26 Å². The minimum Gasteiger partial charge on any atom is -0.385 e.